The summed E-state index contributed by atoms with van der Waals surface area (Å²) >= 11 is 9.28. The number of carbonyl (C=O) groups is 1. The molecular formula is C14H8BrClFN3O2. The fourth-order valence-electron chi connectivity index (χ4n) is 1.98. The molecule has 3 rings (SSSR count). The standard InChI is InChI=1S/C14H8BrClFN3O2/c1-22-14(21)11-5-12(16)20-13(18-11)6-10(19-20)8-3-2-7(15)4-9(8)17/h2-6H,1H3. The van der Waals surface area contributed by atoms with Crippen molar-refractivity contribution in [1.29, 1.82) is 0 Å². The summed E-state index contributed by atoms with van der Waals surface area (Å²) in [6.07, 6.45) is 0. The molecule has 0 amide bonds. The second-order valence-electron chi connectivity index (χ2n) is 4.38. The first-order valence-electron chi connectivity index (χ1n) is 6.09. The molecule has 1 aromatic carbocycles. The molecule has 0 saturated carbocycles. The molecular weight excluding hydrogens is 377 g/mol. The van der Waals surface area contributed by atoms with Gasteiger partial charge in [-0.2, -0.15) is 5.10 Å². The summed E-state index contributed by atoms with van der Waals surface area (Å²) in [4.78, 5) is 15.6. The van der Waals surface area contributed by atoms with E-state index in [9.17, 15) is 9.18 Å². The Kier molecular flexibility index (Phi) is 3.84. The van der Waals surface area contributed by atoms with Crippen molar-refractivity contribution in [2.75, 3.05) is 7.11 Å². The van der Waals surface area contributed by atoms with Crippen molar-refractivity contribution >= 4 is 39.1 Å². The molecule has 2 heterocycles. The van der Waals surface area contributed by atoms with Gasteiger partial charge in [-0.25, -0.2) is 18.7 Å². The summed E-state index contributed by atoms with van der Waals surface area (Å²) in [5.41, 5.74) is 1.05. The van der Waals surface area contributed by atoms with E-state index in [1.54, 1.807) is 18.2 Å². The first-order chi connectivity index (χ1) is 10.5. The van der Waals surface area contributed by atoms with Crippen LogP contribution < -0.4 is 0 Å². The van der Waals surface area contributed by atoms with Gasteiger partial charge in [-0.3, -0.25) is 0 Å². The molecule has 112 valence electrons. The van der Waals surface area contributed by atoms with Crippen molar-refractivity contribution in [1.82, 2.24) is 14.6 Å². The van der Waals surface area contributed by atoms with Gasteiger partial charge in [-0.1, -0.05) is 27.5 Å². The zero-order valence-electron chi connectivity index (χ0n) is 11.2. The zero-order valence-corrected chi connectivity index (χ0v) is 13.5. The average Bonchev–Trinajstić information content (AvgIpc) is 2.90. The SMILES string of the molecule is COC(=O)c1cc(Cl)n2nc(-c3ccc(Br)cc3F)cc2n1. The van der Waals surface area contributed by atoms with Crippen molar-refractivity contribution in [3.8, 4) is 11.3 Å². The van der Waals surface area contributed by atoms with Gasteiger partial charge in [-0.15, -0.1) is 0 Å². The third-order valence-electron chi connectivity index (χ3n) is 2.99. The van der Waals surface area contributed by atoms with Gasteiger partial charge in [0.2, 0.25) is 0 Å². The van der Waals surface area contributed by atoms with Gasteiger partial charge in [0.1, 0.15) is 11.0 Å². The number of ether oxygens (including phenoxy) is 1. The fourth-order valence-corrected chi connectivity index (χ4v) is 2.54. The lowest BCUT2D eigenvalue weighted by Crippen LogP contribution is -2.06. The molecule has 0 spiro atoms. The lowest BCUT2D eigenvalue weighted by atomic mass is 10.1. The first kappa shape index (κ1) is 14.9. The Morgan fingerprint density at radius 3 is 2.82 bits per heavy atom. The van der Waals surface area contributed by atoms with Crippen LogP contribution in [0.1, 0.15) is 10.5 Å². The van der Waals surface area contributed by atoms with Crippen LogP contribution in [0.2, 0.25) is 5.15 Å². The molecule has 0 bridgehead atoms. The second kappa shape index (κ2) is 5.66. The molecule has 0 fully saturated rings. The zero-order chi connectivity index (χ0) is 15.9. The summed E-state index contributed by atoms with van der Waals surface area (Å²) in [7, 11) is 1.25. The smallest absolute Gasteiger partial charge is 0.356 e. The van der Waals surface area contributed by atoms with Gasteiger partial charge >= 0.3 is 5.97 Å². The average molecular weight is 385 g/mol. The van der Waals surface area contributed by atoms with Crippen LogP contribution in [0.4, 0.5) is 4.39 Å². The lowest BCUT2D eigenvalue weighted by molar-refractivity contribution is 0.0594. The Balaban J connectivity index is 2.17. The number of nitrogens with zero attached hydrogens (tertiary/aromatic N) is 3. The minimum atomic E-state index is -0.609. The number of esters is 1. The van der Waals surface area contributed by atoms with Crippen molar-refractivity contribution in [3.63, 3.8) is 0 Å². The first-order valence-corrected chi connectivity index (χ1v) is 7.27. The largest absolute Gasteiger partial charge is 0.464 e. The second-order valence-corrected chi connectivity index (χ2v) is 5.68. The summed E-state index contributed by atoms with van der Waals surface area (Å²) in [6.45, 7) is 0. The predicted octanol–water partition coefficient (Wildman–Crippen LogP) is 3.74. The number of rotatable bonds is 2. The predicted molar refractivity (Wildman–Crippen MR) is 82.4 cm³/mol. The van der Waals surface area contributed by atoms with E-state index in [1.165, 1.54) is 23.8 Å². The monoisotopic (exact) mass is 383 g/mol. The molecule has 2 aromatic heterocycles. The molecule has 0 atom stereocenters. The van der Waals surface area contributed by atoms with Crippen LogP contribution in [-0.4, -0.2) is 27.7 Å². The molecule has 22 heavy (non-hydrogen) atoms. The molecule has 0 aliphatic heterocycles. The number of hydrogen-bond donors (Lipinski definition) is 0. The fraction of sp³-hybridized carbons (Fsp3) is 0.0714. The topological polar surface area (TPSA) is 56.5 Å². The van der Waals surface area contributed by atoms with Gasteiger partial charge in [-0.05, 0) is 18.2 Å². The number of methoxy groups -OCH3 is 1. The van der Waals surface area contributed by atoms with Crippen LogP contribution in [0.5, 0.6) is 0 Å². The van der Waals surface area contributed by atoms with E-state index in [1.807, 2.05) is 0 Å². The molecule has 8 heteroatoms. The Labute approximate surface area is 137 Å². The maximum absolute atomic E-state index is 14.0. The van der Waals surface area contributed by atoms with Crippen LogP contribution in [0, 0.1) is 5.82 Å². The quantitative estimate of drug-likeness (QED) is 0.499. The van der Waals surface area contributed by atoms with Crippen molar-refractivity contribution in [2.24, 2.45) is 0 Å². The Bertz CT molecular complexity index is 897. The molecule has 0 aliphatic carbocycles. The van der Waals surface area contributed by atoms with E-state index in [0.29, 0.717) is 21.4 Å². The van der Waals surface area contributed by atoms with Crippen molar-refractivity contribution in [3.05, 3.63) is 51.5 Å². The molecule has 5 nitrogen and oxygen atoms in total. The van der Waals surface area contributed by atoms with Crippen molar-refractivity contribution in [2.45, 2.75) is 0 Å². The molecule has 0 unspecified atom stereocenters. The molecule has 0 saturated heterocycles. The number of benzene rings is 1. The highest BCUT2D eigenvalue weighted by Gasteiger charge is 2.16. The molecule has 3 aromatic rings. The van der Waals surface area contributed by atoms with Crippen LogP contribution in [0.25, 0.3) is 16.9 Å². The van der Waals surface area contributed by atoms with Crippen LogP contribution in [0.15, 0.2) is 34.8 Å². The summed E-state index contributed by atoms with van der Waals surface area (Å²) < 4.78 is 20.6. The van der Waals surface area contributed by atoms with E-state index < -0.39 is 11.8 Å². The van der Waals surface area contributed by atoms with E-state index in [0.717, 1.165) is 0 Å². The normalized spacial score (nSPS) is 10.9. The molecule has 0 radical (unpaired) electrons. The van der Waals surface area contributed by atoms with Crippen molar-refractivity contribution < 1.29 is 13.9 Å². The number of hydrogen-bond acceptors (Lipinski definition) is 4. The number of fused-ring (bicyclic) bond motifs is 1. The van der Waals surface area contributed by atoms with E-state index >= 15 is 0 Å². The molecule has 0 N–H and O–H groups in total. The Hall–Kier alpha value is -1.99. The molecule has 0 aliphatic rings. The van der Waals surface area contributed by atoms with Gasteiger partial charge in [0.05, 0.1) is 12.8 Å². The lowest BCUT2D eigenvalue weighted by Gasteiger charge is -2.01. The number of carbonyl (C=O) groups excluding carboxylic acids is 1. The minimum Gasteiger partial charge on any atom is -0.464 e. The number of halogens is 3. The highest BCUT2D eigenvalue weighted by atomic mass is 79.9. The maximum Gasteiger partial charge on any atom is 0.356 e. The third-order valence-corrected chi connectivity index (χ3v) is 3.75. The van der Waals surface area contributed by atoms with Gasteiger partial charge in [0, 0.05) is 22.2 Å². The Morgan fingerprint density at radius 1 is 1.36 bits per heavy atom. The van der Waals surface area contributed by atoms with E-state index in [4.69, 9.17) is 11.6 Å². The van der Waals surface area contributed by atoms with Crippen LogP contribution in [-0.2, 0) is 4.74 Å². The van der Waals surface area contributed by atoms with Gasteiger partial charge < -0.3 is 4.74 Å². The van der Waals surface area contributed by atoms with Gasteiger partial charge in [0.15, 0.2) is 11.3 Å². The Morgan fingerprint density at radius 2 is 2.14 bits per heavy atom. The number of aromatic nitrogens is 3. The van der Waals surface area contributed by atoms with E-state index in [2.05, 4.69) is 30.7 Å². The van der Waals surface area contributed by atoms with Crippen LogP contribution >= 0.6 is 27.5 Å². The highest BCUT2D eigenvalue weighted by Crippen LogP contribution is 2.26. The minimum absolute atomic E-state index is 0.0581. The summed E-state index contributed by atoms with van der Waals surface area (Å²) in [5.74, 6) is -1.04. The van der Waals surface area contributed by atoms with Crippen LogP contribution in [0.3, 0.4) is 0 Å². The maximum atomic E-state index is 14.0. The summed E-state index contributed by atoms with van der Waals surface area (Å²) in [6, 6.07) is 7.53. The van der Waals surface area contributed by atoms with Gasteiger partial charge in [0.25, 0.3) is 0 Å². The third kappa shape index (κ3) is 2.57. The van der Waals surface area contributed by atoms with E-state index in [-0.39, 0.29) is 10.8 Å². The summed E-state index contributed by atoms with van der Waals surface area (Å²) in [5, 5.41) is 4.39. The highest BCUT2D eigenvalue weighted by molar-refractivity contribution is 9.10.